The van der Waals surface area contributed by atoms with Gasteiger partial charge in [-0.3, -0.25) is 4.79 Å². The normalized spacial score (nSPS) is 17.1. The van der Waals surface area contributed by atoms with Crippen LogP contribution in [0.1, 0.15) is 11.8 Å². The van der Waals surface area contributed by atoms with Gasteiger partial charge in [0.25, 0.3) is 5.91 Å². The van der Waals surface area contributed by atoms with Gasteiger partial charge in [0.15, 0.2) is 0 Å². The van der Waals surface area contributed by atoms with Crippen LogP contribution in [0.4, 0.5) is 5.69 Å². The van der Waals surface area contributed by atoms with Crippen molar-refractivity contribution >= 4 is 52.7 Å². The number of allylic oxidation sites excluding steroid dienone is 1. The number of hydrogen-bond donors (Lipinski definition) is 3. The SMILES string of the molecule is CC1=C(C(=O)Nc2ccc(Cl)cc2)C(c2cccs2)=C(C#N)C(S)N1. The number of nitrogens with zero attached hydrogens (tertiary/aromatic N) is 1. The summed E-state index contributed by atoms with van der Waals surface area (Å²) in [5.41, 5.74) is 2.80. The lowest BCUT2D eigenvalue weighted by Crippen LogP contribution is -2.33. The van der Waals surface area contributed by atoms with Crippen molar-refractivity contribution in [1.29, 1.82) is 5.26 Å². The van der Waals surface area contributed by atoms with Crippen molar-refractivity contribution in [3.8, 4) is 6.07 Å². The maximum absolute atomic E-state index is 12.9. The van der Waals surface area contributed by atoms with E-state index in [1.807, 2.05) is 24.4 Å². The molecule has 1 aliphatic heterocycles. The van der Waals surface area contributed by atoms with E-state index in [4.69, 9.17) is 11.6 Å². The Bertz CT molecular complexity index is 909. The van der Waals surface area contributed by atoms with Crippen LogP contribution in [0, 0.1) is 11.3 Å². The molecule has 0 bridgehead atoms. The van der Waals surface area contributed by atoms with Crippen LogP contribution in [0.5, 0.6) is 0 Å². The summed E-state index contributed by atoms with van der Waals surface area (Å²) in [5, 5.41) is 17.6. The number of anilines is 1. The van der Waals surface area contributed by atoms with E-state index in [9.17, 15) is 10.1 Å². The second-order valence-corrected chi connectivity index (χ2v) is 7.29. The zero-order chi connectivity index (χ0) is 18.0. The molecule has 1 atom stereocenters. The molecular formula is C18H14ClN3OS2. The van der Waals surface area contributed by atoms with Crippen LogP contribution in [0.25, 0.3) is 5.57 Å². The first-order chi connectivity index (χ1) is 12.0. The molecule has 0 spiro atoms. The quantitative estimate of drug-likeness (QED) is 0.681. The lowest BCUT2D eigenvalue weighted by molar-refractivity contribution is -0.112. The van der Waals surface area contributed by atoms with Gasteiger partial charge in [-0.15, -0.1) is 24.0 Å². The van der Waals surface area contributed by atoms with Gasteiger partial charge >= 0.3 is 0 Å². The number of hydrogen-bond acceptors (Lipinski definition) is 5. The second-order valence-electron chi connectivity index (χ2n) is 5.39. The molecule has 2 aromatic rings. The topological polar surface area (TPSA) is 64.9 Å². The molecule has 2 heterocycles. The molecule has 2 N–H and O–H groups in total. The maximum atomic E-state index is 12.9. The Labute approximate surface area is 160 Å². The van der Waals surface area contributed by atoms with Gasteiger partial charge in [0.1, 0.15) is 5.37 Å². The first kappa shape index (κ1) is 17.6. The van der Waals surface area contributed by atoms with Crippen molar-refractivity contribution in [2.24, 2.45) is 0 Å². The molecule has 4 nitrogen and oxygen atoms in total. The molecule has 0 radical (unpaired) electrons. The number of halogens is 1. The van der Waals surface area contributed by atoms with E-state index in [1.165, 1.54) is 11.3 Å². The predicted molar refractivity (Wildman–Crippen MR) is 106 cm³/mol. The summed E-state index contributed by atoms with van der Waals surface area (Å²) in [6, 6.07) is 12.8. The average Bonchev–Trinajstić information content (AvgIpc) is 3.10. The molecule has 25 heavy (non-hydrogen) atoms. The number of carbonyl (C=O) groups excluding carboxylic acids is 1. The maximum Gasteiger partial charge on any atom is 0.258 e. The Morgan fingerprint density at radius 1 is 1.36 bits per heavy atom. The number of rotatable bonds is 3. The minimum absolute atomic E-state index is 0.288. The summed E-state index contributed by atoms with van der Waals surface area (Å²) in [7, 11) is 0. The first-order valence-electron chi connectivity index (χ1n) is 7.42. The van der Waals surface area contributed by atoms with Gasteiger partial charge in [0.2, 0.25) is 0 Å². The Hall–Kier alpha value is -2.20. The summed E-state index contributed by atoms with van der Waals surface area (Å²) < 4.78 is 0. The number of dihydropyridines is 1. The average molecular weight is 388 g/mol. The molecule has 1 unspecified atom stereocenters. The Balaban J connectivity index is 2.04. The van der Waals surface area contributed by atoms with Crippen LogP contribution in [-0.2, 0) is 4.79 Å². The zero-order valence-electron chi connectivity index (χ0n) is 13.2. The van der Waals surface area contributed by atoms with E-state index in [1.54, 1.807) is 24.3 Å². The standard InChI is InChI=1S/C18H14ClN3OS2/c1-10-15(17(23)22-12-6-4-11(19)5-7-12)16(14-3-2-8-25-14)13(9-20)18(24)21-10/h2-8,18,21,24H,1H3,(H,22,23). The van der Waals surface area contributed by atoms with Crippen molar-refractivity contribution in [3.63, 3.8) is 0 Å². The fourth-order valence-electron chi connectivity index (χ4n) is 2.61. The lowest BCUT2D eigenvalue weighted by Gasteiger charge is -2.26. The first-order valence-corrected chi connectivity index (χ1v) is 9.19. The van der Waals surface area contributed by atoms with Crippen LogP contribution in [-0.4, -0.2) is 11.3 Å². The number of thiophene rings is 1. The highest BCUT2D eigenvalue weighted by Gasteiger charge is 2.30. The number of nitrogens with one attached hydrogen (secondary N) is 2. The fourth-order valence-corrected chi connectivity index (χ4v) is 3.91. The highest BCUT2D eigenvalue weighted by atomic mass is 35.5. The number of benzene rings is 1. The summed E-state index contributed by atoms with van der Waals surface area (Å²) in [5.74, 6) is -0.288. The Morgan fingerprint density at radius 2 is 2.08 bits per heavy atom. The number of amides is 1. The monoisotopic (exact) mass is 387 g/mol. The van der Waals surface area contributed by atoms with E-state index >= 15 is 0 Å². The zero-order valence-corrected chi connectivity index (χ0v) is 15.7. The van der Waals surface area contributed by atoms with E-state index < -0.39 is 5.37 Å². The molecule has 0 fully saturated rings. The molecule has 0 saturated heterocycles. The molecule has 1 amide bonds. The molecule has 1 aromatic carbocycles. The third-order valence-corrected chi connectivity index (χ3v) is 5.26. The van der Waals surface area contributed by atoms with Crippen molar-refractivity contribution in [3.05, 3.63) is 68.5 Å². The Morgan fingerprint density at radius 3 is 2.68 bits per heavy atom. The minimum atomic E-state index is -0.450. The van der Waals surface area contributed by atoms with E-state index in [-0.39, 0.29) is 5.91 Å². The number of carbonyl (C=O) groups is 1. The van der Waals surface area contributed by atoms with E-state index in [0.29, 0.717) is 33.1 Å². The van der Waals surface area contributed by atoms with Gasteiger partial charge in [-0.2, -0.15) is 5.26 Å². The third kappa shape index (κ3) is 3.59. The highest BCUT2D eigenvalue weighted by molar-refractivity contribution is 7.81. The smallest absolute Gasteiger partial charge is 0.258 e. The third-order valence-electron chi connectivity index (χ3n) is 3.74. The highest BCUT2D eigenvalue weighted by Crippen LogP contribution is 2.37. The van der Waals surface area contributed by atoms with Crippen LogP contribution in [0.3, 0.4) is 0 Å². The molecule has 7 heteroatoms. The van der Waals surface area contributed by atoms with E-state index in [2.05, 4.69) is 29.3 Å². The van der Waals surface area contributed by atoms with Gasteiger partial charge in [-0.05, 0) is 42.6 Å². The molecular weight excluding hydrogens is 374 g/mol. The summed E-state index contributed by atoms with van der Waals surface area (Å²) >= 11 is 11.8. The molecule has 1 aliphatic rings. The van der Waals surface area contributed by atoms with Crippen LogP contribution >= 0.6 is 35.6 Å². The van der Waals surface area contributed by atoms with Gasteiger partial charge in [0, 0.05) is 26.9 Å². The predicted octanol–water partition coefficient (Wildman–Crippen LogP) is 4.45. The summed E-state index contributed by atoms with van der Waals surface area (Å²) in [6.45, 7) is 1.81. The van der Waals surface area contributed by atoms with Gasteiger partial charge in [-0.25, -0.2) is 0 Å². The van der Waals surface area contributed by atoms with Crippen molar-refractivity contribution in [2.75, 3.05) is 5.32 Å². The second kappa shape index (κ2) is 7.36. The molecule has 0 aliphatic carbocycles. The van der Waals surface area contributed by atoms with Gasteiger partial charge in [0.05, 0.1) is 17.2 Å². The Kier molecular flexibility index (Phi) is 5.19. The molecule has 3 rings (SSSR count). The van der Waals surface area contributed by atoms with Gasteiger partial charge < -0.3 is 10.6 Å². The lowest BCUT2D eigenvalue weighted by atomic mass is 9.93. The molecule has 0 saturated carbocycles. The van der Waals surface area contributed by atoms with Crippen LogP contribution in [0.15, 0.2) is 58.6 Å². The van der Waals surface area contributed by atoms with E-state index in [0.717, 1.165) is 4.88 Å². The number of nitriles is 1. The molecule has 1 aromatic heterocycles. The molecule has 126 valence electrons. The number of thiol groups is 1. The van der Waals surface area contributed by atoms with Crippen LogP contribution in [0.2, 0.25) is 5.02 Å². The fraction of sp³-hybridized carbons (Fsp3) is 0.111. The van der Waals surface area contributed by atoms with Crippen molar-refractivity contribution < 1.29 is 4.79 Å². The van der Waals surface area contributed by atoms with Crippen molar-refractivity contribution in [2.45, 2.75) is 12.3 Å². The van der Waals surface area contributed by atoms with Crippen molar-refractivity contribution in [1.82, 2.24) is 5.32 Å². The van der Waals surface area contributed by atoms with Gasteiger partial charge in [-0.1, -0.05) is 17.7 Å². The largest absolute Gasteiger partial charge is 0.372 e. The summed E-state index contributed by atoms with van der Waals surface area (Å²) in [6.07, 6.45) is 0. The minimum Gasteiger partial charge on any atom is -0.372 e. The van der Waals surface area contributed by atoms with Crippen LogP contribution < -0.4 is 10.6 Å². The summed E-state index contributed by atoms with van der Waals surface area (Å²) in [4.78, 5) is 13.8.